The van der Waals surface area contributed by atoms with Crippen LogP contribution in [0.15, 0.2) is 12.2 Å². The highest BCUT2D eigenvalue weighted by molar-refractivity contribution is 5.78. The van der Waals surface area contributed by atoms with Crippen LogP contribution in [-0.4, -0.2) is 48.4 Å². The predicted molar refractivity (Wildman–Crippen MR) is 67.4 cm³/mol. The van der Waals surface area contributed by atoms with E-state index >= 15 is 0 Å². The molecule has 16 heavy (non-hydrogen) atoms. The summed E-state index contributed by atoms with van der Waals surface area (Å²) in [5.41, 5.74) is 0. The van der Waals surface area contributed by atoms with Gasteiger partial charge >= 0.3 is 0 Å². The van der Waals surface area contributed by atoms with E-state index in [1.54, 1.807) is 0 Å². The van der Waals surface area contributed by atoms with E-state index in [4.69, 9.17) is 0 Å². The summed E-state index contributed by atoms with van der Waals surface area (Å²) in [5, 5.41) is 0. The number of unbranched alkanes of at least 4 members (excludes halogenated alkanes) is 1. The van der Waals surface area contributed by atoms with Gasteiger partial charge in [0, 0.05) is 19.6 Å². The summed E-state index contributed by atoms with van der Waals surface area (Å²) in [6, 6.07) is 0. The van der Waals surface area contributed by atoms with Crippen molar-refractivity contribution in [2.45, 2.75) is 33.1 Å². The monoisotopic (exact) mass is 224 g/mol. The Hall–Kier alpha value is -0.830. The van der Waals surface area contributed by atoms with Crippen molar-refractivity contribution in [3.05, 3.63) is 12.2 Å². The Balaban J connectivity index is 2.15. The third kappa shape index (κ3) is 4.35. The lowest BCUT2D eigenvalue weighted by Gasteiger charge is -2.33. The minimum Gasteiger partial charge on any atom is -0.341 e. The second kappa shape index (κ2) is 7.44. The molecule has 0 spiro atoms. The van der Waals surface area contributed by atoms with Gasteiger partial charge in [-0.15, -0.1) is 0 Å². The fraction of sp³-hybridized carbons (Fsp3) is 0.769. The molecule has 92 valence electrons. The summed E-state index contributed by atoms with van der Waals surface area (Å²) in [4.78, 5) is 15.9. The maximum atomic E-state index is 11.6. The molecule has 0 aliphatic carbocycles. The van der Waals surface area contributed by atoms with Gasteiger partial charge in [0.25, 0.3) is 0 Å². The van der Waals surface area contributed by atoms with Gasteiger partial charge in [0.05, 0.1) is 6.54 Å². The molecule has 1 fully saturated rings. The van der Waals surface area contributed by atoms with E-state index in [2.05, 4.69) is 24.0 Å². The third-order valence-electron chi connectivity index (χ3n) is 3.03. The van der Waals surface area contributed by atoms with Crippen LogP contribution in [0.5, 0.6) is 0 Å². The largest absolute Gasteiger partial charge is 0.341 e. The zero-order chi connectivity index (χ0) is 11.8. The predicted octanol–water partition coefficient (Wildman–Crippen LogP) is 1.90. The first-order chi connectivity index (χ1) is 7.77. The molecule has 3 nitrogen and oxygen atoms in total. The van der Waals surface area contributed by atoms with Gasteiger partial charge in [0.2, 0.25) is 5.91 Å². The van der Waals surface area contributed by atoms with Crippen molar-refractivity contribution in [2.75, 3.05) is 32.7 Å². The average Bonchev–Trinajstić information content (AvgIpc) is 2.29. The highest BCUT2D eigenvalue weighted by Crippen LogP contribution is 2.05. The molecule has 3 heteroatoms. The lowest BCUT2D eigenvalue weighted by molar-refractivity contribution is -0.135. The molecule has 1 rings (SSSR count). The van der Waals surface area contributed by atoms with Crippen molar-refractivity contribution in [3.8, 4) is 0 Å². The van der Waals surface area contributed by atoms with Crippen LogP contribution in [0.2, 0.25) is 0 Å². The van der Waals surface area contributed by atoms with Crippen molar-refractivity contribution >= 4 is 5.91 Å². The molecule has 1 heterocycles. The summed E-state index contributed by atoms with van der Waals surface area (Å²) in [5.74, 6) is 0.290. The van der Waals surface area contributed by atoms with Crippen LogP contribution >= 0.6 is 0 Å². The Kier molecular flexibility index (Phi) is 6.16. The lowest BCUT2D eigenvalue weighted by atomic mass is 10.2. The van der Waals surface area contributed by atoms with Gasteiger partial charge in [-0.2, -0.15) is 0 Å². The van der Waals surface area contributed by atoms with Gasteiger partial charge in [0.15, 0.2) is 0 Å². The van der Waals surface area contributed by atoms with Gasteiger partial charge in [-0.3, -0.25) is 9.69 Å². The first kappa shape index (κ1) is 13.2. The number of carbonyl (C=O) groups is 1. The Morgan fingerprint density at radius 1 is 1.25 bits per heavy atom. The molecule has 0 unspecified atom stereocenters. The average molecular weight is 224 g/mol. The van der Waals surface area contributed by atoms with E-state index in [0.717, 1.165) is 45.4 Å². The van der Waals surface area contributed by atoms with E-state index in [9.17, 15) is 4.79 Å². The molecule has 0 bridgehead atoms. The maximum absolute atomic E-state index is 11.6. The topological polar surface area (TPSA) is 23.6 Å². The van der Waals surface area contributed by atoms with Crippen LogP contribution < -0.4 is 0 Å². The zero-order valence-corrected chi connectivity index (χ0v) is 10.6. The van der Waals surface area contributed by atoms with Crippen LogP contribution in [0, 0.1) is 0 Å². The Morgan fingerprint density at radius 2 is 2.06 bits per heavy atom. The van der Waals surface area contributed by atoms with E-state index in [1.807, 2.05) is 11.8 Å². The molecular formula is C13H24N2O. The molecule has 1 saturated heterocycles. The first-order valence-electron chi connectivity index (χ1n) is 6.43. The van der Waals surface area contributed by atoms with Crippen LogP contribution in [0.1, 0.15) is 33.1 Å². The molecule has 0 radical (unpaired) electrons. The summed E-state index contributed by atoms with van der Waals surface area (Å²) in [6.07, 6.45) is 7.86. The van der Waals surface area contributed by atoms with Gasteiger partial charge < -0.3 is 4.90 Å². The molecule has 1 amide bonds. The minimum absolute atomic E-state index is 0.290. The Labute approximate surface area is 99.1 Å². The van der Waals surface area contributed by atoms with Crippen molar-refractivity contribution in [1.29, 1.82) is 0 Å². The number of rotatable bonds is 6. The number of allylic oxidation sites excluding steroid dienone is 2. The van der Waals surface area contributed by atoms with Gasteiger partial charge in [-0.05, 0) is 32.7 Å². The van der Waals surface area contributed by atoms with E-state index < -0.39 is 0 Å². The fourth-order valence-electron chi connectivity index (χ4n) is 2.00. The normalized spacial score (nSPS) is 18.6. The second-order valence-corrected chi connectivity index (χ2v) is 4.27. The van der Waals surface area contributed by atoms with E-state index in [-0.39, 0.29) is 5.91 Å². The van der Waals surface area contributed by atoms with Crippen molar-refractivity contribution < 1.29 is 4.79 Å². The maximum Gasteiger partial charge on any atom is 0.236 e. The molecule has 1 aliphatic rings. The van der Waals surface area contributed by atoms with Crippen molar-refractivity contribution in [3.63, 3.8) is 0 Å². The number of carbonyl (C=O) groups excluding carboxylic acids is 1. The van der Waals surface area contributed by atoms with Gasteiger partial charge in [-0.25, -0.2) is 0 Å². The molecule has 0 aromatic heterocycles. The van der Waals surface area contributed by atoms with Crippen molar-refractivity contribution in [1.82, 2.24) is 9.80 Å². The quantitative estimate of drug-likeness (QED) is 0.508. The highest BCUT2D eigenvalue weighted by Gasteiger charge is 2.21. The number of amides is 1. The smallest absolute Gasteiger partial charge is 0.236 e. The highest BCUT2D eigenvalue weighted by atomic mass is 16.2. The SMILES string of the molecule is CCC=CCCCN1CCN(CC)C(=O)C1. The molecule has 1 aliphatic heterocycles. The van der Waals surface area contributed by atoms with Crippen molar-refractivity contribution in [2.24, 2.45) is 0 Å². The number of piperazine rings is 1. The third-order valence-corrected chi connectivity index (χ3v) is 3.03. The molecule has 0 atom stereocenters. The summed E-state index contributed by atoms with van der Waals surface area (Å²) in [6.45, 7) is 8.66. The molecule has 0 saturated carbocycles. The van der Waals surface area contributed by atoms with Gasteiger partial charge in [0.1, 0.15) is 0 Å². The van der Waals surface area contributed by atoms with Crippen LogP contribution in [0.4, 0.5) is 0 Å². The standard InChI is InChI=1S/C13H24N2O/c1-3-5-6-7-8-9-14-10-11-15(4-2)13(16)12-14/h5-6H,3-4,7-12H2,1-2H3. The fourth-order valence-corrected chi connectivity index (χ4v) is 2.00. The number of nitrogens with zero attached hydrogens (tertiary/aromatic N) is 2. The summed E-state index contributed by atoms with van der Waals surface area (Å²) >= 11 is 0. The molecule has 0 aromatic carbocycles. The minimum atomic E-state index is 0.290. The van der Waals surface area contributed by atoms with Crippen LogP contribution in [0.25, 0.3) is 0 Å². The van der Waals surface area contributed by atoms with Gasteiger partial charge in [-0.1, -0.05) is 19.1 Å². The van der Waals surface area contributed by atoms with E-state index in [1.165, 1.54) is 0 Å². The van der Waals surface area contributed by atoms with E-state index in [0.29, 0.717) is 6.54 Å². The summed E-state index contributed by atoms with van der Waals surface area (Å²) in [7, 11) is 0. The number of hydrogen-bond acceptors (Lipinski definition) is 2. The number of likely N-dealkylation sites (N-methyl/N-ethyl adjacent to an activating group) is 1. The van der Waals surface area contributed by atoms with Crippen LogP contribution in [0.3, 0.4) is 0 Å². The Bertz CT molecular complexity index is 238. The first-order valence-corrected chi connectivity index (χ1v) is 6.43. The zero-order valence-electron chi connectivity index (χ0n) is 10.6. The summed E-state index contributed by atoms with van der Waals surface area (Å²) < 4.78 is 0. The molecular weight excluding hydrogens is 200 g/mol. The Morgan fingerprint density at radius 3 is 2.69 bits per heavy atom. The molecule has 0 N–H and O–H groups in total. The molecule has 0 aromatic rings. The van der Waals surface area contributed by atoms with Crippen LogP contribution in [-0.2, 0) is 4.79 Å². The lowest BCUT2D eigenvalue weighted by Crippen LogP contribution is -2.50. The second-order valence-electron chi connectivity index (χ2n) is 4.27. The number of hydrogen-bond donors (Lipinski definition) is 0.